The molecule has 0 radical (unpaired) electrons. The molecule has 0 fully saturated rings. The number of nitrogens with zero attached hydrogens (tertiary/aromatic N) is 1. The van der Waals surface area contributed by atoms with Crippen molar-refractivity contribution in [3.8, 4) is 6.07 Å². The molecule has 4 rings (SSSR count). The number of hydrogen-bond acceptors (Lipinski definition) is 4. The third-order valence-corrected chi connectivity index (χ3v) is 6.59. The van der Waals surface area contributed by atoms with Gasteiger partial charge in [0.25, 0.3) is 5.91 Å². The van der Waals surface area contributed by atoms with Crippen LogP contribution >= 0.6 is 11.3 Å². The summed E-state index contributed by atoms with van der Waals surface area (Å²) in [5, 5.41) is 15.3. The molecule has 148 valence electrons. The Hall–Kier alpha value is -2.88. The summed E-state index contributed by atoms with van der Waals surface area (Å²) in [6, 6.07) is 16.0. The van der Waals surface area contributed by atoms with E-state index in [9.17, 15) is 10.1 Å². The molecule has 6 heteroatoms. The number of nitrogens with two attached hydrogens (primary N) is 1. The molecule has 2 aromatic heterocycles. The van der Waals surface area contributed by atoms with Crippen LogP contribution in [0.15, 0.2) is 53.1 Å². The Morgan fingerprint density at radius 3 is 2.90 bits per heavy atom. The van der Waals surface area contributed by atoms with Crippen molar-refractivity contribution >= 4 is 22.2 Å². The van der Waals surface area contributed by atoms with E-state index in [4.69, 9.17) is 4.42 Å². The predicted octanol–water partition coefficient (Wildman–Crippen LogP) is 3.63. The van der Waals surface area contributed by atoms with E-state index in [0.29, 0.717) is 16.5 Å². The second-order valence-electron chi connectivity index (χ2n) is 7.56. The normalized spacial score (nSPS) is 16.6. The molecule has 2 atom stereocenters. The van der Waals surface area contributed by atoms with Gasteiger partial charge in [-0.05, 0) is 42.9 Å². The fraction of sp³-hybridized carbons (Fsp3) is 0.304. The van der Waals surface area contributed by atoms with Gasteiger partial charge in [-0.25, -0.2) is 0 Å². The minimum absolute atomic E-state index is 0.0928. The molecular formula is C23H24N3O2S+. The van der Waals surface area contributed by atoms with Gasteiger partial charge in [0.05, 0.1) is 11.8 Å². The minimum Gasteiger partial charge on any atom is -0.463 e. The van der Waals surface area contributed by atoms with Crippen LogP contribution in [0, 0.1) is 17.2 Å². The van der Waals surface area contributed by atoms with Crippen LogP contribution in [0.25, 0.3) is 0 Å². The maximum absolute atomic E-state index is 12.7. The highest BCUT2D eigenvalue weighted by molar-refractivity contribution is 7.16. The number of rotatable bonds is 6. The summed E-state index contributed by atoms with van der Waals surface area (Å²) in [4.78, 5) is 13.9. The van der Waals surface area contributed by atoms with E-state index in [0.717, 1.165) is 36.1 Å². The molecule has 0 saturated heterocycles. The molecule has 0 saturated carbocycles. The highest BCUT2D eigenvalue weighted by Gasteiger charge is 2.26. The molecule has 1 aliphatic rings. The standard InChI is InChI=1S/C23H23N3O2S/c1-15-9-10-17-18(13-24)23(29-20(17)12-15)26-21(27)14-25-22(19-8-5-11-28-19)16-6-3-2-4-7-16/h2-8,11,15,22,25H,9-10,12,14H2,1H3,(H,26,27)/p+1/t15-,22+/m0/s1. The van der Waals surface area contributed by atoms with Gasteiger partial charge in [0.15, 0.2) is 18.3 Å². The first-order chi connectivity index (χ1) is 14.2. The molecule has 0 unspecified atom stereocenters. The summed E-state index contributed by atoms with van der Waals surface area (Å²) < 4.78 is 5.60. The van der Waals surface area contributed by atoms with E-state index < -0.39 is 0 Å². The Balaban J connectivity index is 1.47. The number of quaternary nitrogens is 1. The van der Waals surface area contributed by atoms with Crippen molar-refractivity contribution in [2.75, 3.05) is 11.9 Å². The Bertz CT molecular complexity index is 1020. The summed E-state index contributed by atoms with van der Waals surface area (Å²) in [7, 11) is 0. The van der Waals surface area contributed by atoms with E-state index >= 15 is 0 Å². The van der Waals surface area contributed by atoms with Crippen molar-refractivity contribution < 1.29 is 14.5 Å². The van der Waals surface area contributed by atoms with Gasteiger partial charge in [0, 0.05) is 10.4 Å². The van der Waals surface area contributed by atoms with Crippen molar-refractivity contribution in [3.05, 3.63) is 76.1 Å². The van der Waals surface area contributed by atoms with E-state index in [1.807, 2.05) is 47.8 Å². The molecule has 1 aromatic carbocycles. The van der Waals surface area contributed by atoms with Gasteiger partial charge in [-0.3, -0.25) is 4.79 Å². The van der Waals surface area contributed by atoms with E-state index in [1.54, 1.807) is 17.6 Å². The summed E-state index contributed by atoms with van der Waals surface area (Å²) in [6.45, 7) is 2.48. The zero-order valence-corrected chi connectivity index (χ0v) is 17.2. The van der Waals surface area contributed by atoms with Gasteiger partial charge in [-0.2, -0.15) is 5.26 Å². The van der Waals surface area contributed by atoms with Crippen LogP contribution in [0.4, 0.5) is 5.00 Å². The molecule has 29 heavy (non-hydrogen) atoms. The number of nitrogens with one attached hydrogen (secondary N) is 1. The Kier molecular flexibility index (Phi) is 5.79. The Labute approximate surface area is 174 Å². The molecule has 0 bridgehead atoms. The Morgan fingerprint density at radius 2 is 2.17 bits per heavy atom. The predicted molar refractivity (Wildman–Crippen MR) is 113 cm³/mol. The quantitative estimate of drug-likeness (QED) is 0.656. The molecule has 2 heterocycles. The van der Waals surface area contributed by atoms with Gasteiger partial charge < -0.3 is 15.1 Å². The maximum atomic E-state index is 12.7. The van der Waals surface area contributed by atoms with Gasteiger partial charge >= 0.3 is 0 Å². The van der Waals surface area contributed by atoms with Crippen LogP contribution < -0.4 is 10.6 Å². The monoisotopic (exact) mass is 406 g/mol. The van der Waals surface area contributed by atoms with Crippen LogP contribution in [-0.2, 0) is 17.6 Å². The zero-order valence-electron chi connectivity index (χ0n) is 16.4. The number of amides is 1. The molecule has 1 amide bonds. The largest absolute Gasteiger partial charge is 0.463 e. The number of benzene rings is 1. The van der Waals surface area contributed by atoms with E-state index in [2.05, 4.69) is 18.3 Å². The lowest BCUT2D eigenvalue weighted by molar-refractivity contribution is -0.678. The lowest BCUT2D eigenvalue weighted by Crippen LogP contribution is -2.87. The zero-order chi connectivity index (χ0) is 20.2. The fourth-order valence-electron chi connectivity index (χ4n) is 3.90. The summed E-state index contributed by atoms with van der Waals surface area (Å²) in [6.07, 6.45) is 4.66. The minimum atomic E-state index is -0.111. The first-order valence-corrected chi connectivity index (χ1v) is 10.7. The van der Waals surface area contributed by atoms with Crippen LogP contribution in [-0.4, -0.2) is 12.5 Å². The number of carbonyl (C=O) groups excluding carboxylic acids is 1. The number of furan rings is 1. The molecule has 3 aromatic rings. The van der Waals surface area contributed by atoms with E-state index in [-0.39, 0.29) is 18.5 Å². The second kappa shape index (κ2) is 8.64. The molecule has 5 nitrogen and oxygen atoms in total. The molecular weight excluding hydrogens is 382 g/mol. The number of nitriles is 1. The molecule has 1 aliphatic carbocycles. The van der Waals surface area contributed by atoms with Crippen LogP contribution in [0.3, 0.4) is 0 Å². The first-order valence-electron chi connectivity index (χ1n) is 9.92. The van der Waals surface area contributed by atoms with Crippen LogP contribution in [0.2, 0.25) is 0 Å². The number of hydrogen-bond donors (Lipinski definition) is 2. The molecule has 3 N–H and O–H groups in total. The average Bonchev–Trinajstić information content (AvgIpc) is 3.36. The molecule has 0 aliphatic heterocycles. The SMILES string of the molecule is C[C@H]1CCc2c(sc(NC(=O)C[NH2+][C@H](c3ccccc3)c3ccco3)c2C#N)C1. The third-order valence-electron chi connectivity index (χ3n) is 5.42. The molecule has 0 spiro atoms. The Morgan fingerprint density at radius 1 is 1.34 bits per heavy atom. The topological polar surface area (TPSA) is 82.6 Å². The number of anilines is 1. The highest BCUT2D eigenvalue weighted by Crippen LogP contribution is 2.39. The van der Waals surface area contributed by atoms with Crippen molar-refractivity contribution in [2.45, 2.75) is 32.2 Å². The fourth-order valence-corrected chi connectivity index (χ4v) is 5.28. The average molecular weight is 407 g/mol. The van der Waals surface area contributed by atoms with Crippen LogP contribution in [0.5, 0.6) is 0 Å². The second-order valence-corrected chi connectivity index (χ2v) is 8.66. The highest BCUT2D eigenvalue weighted by atomic mass is 32.1. The lowest BCUT2D eigenvalue weighted by Gasteiger charge is -2.17. The maximum Gasteiger partial charge on any atom is 0.280 e. The summed E-state index contributed by atoms with van der Waals surface area (Å²) >= 11 is 1.56. The first kappa shape index (κ1) is 19.4. The van der Waals surface area contributed by atoms with Crippen molar-refractivity contribution in [1.29, 1.82) is 5.26 Å². The van der Waals surface area contributed by atoms with E-state index in [1.165, 1.54) is 4.88 Å². The summed E-state index contributed by atoms with van der Waals surface area (Å²) in [5.74, 6) is 1.33. The van der Waals surface area contributed by atoms with Crippen LogP contribution in [0.1, 0.15) is 46.7 Å². The van der Waals surface area contributed by atoms with Gasteiger partial charge in [0.1, 0.15) is 11.1 Å². The number of thiophene rings is 1. The number of fused-ring (bicyclic) bond motifs is 1. The summed E-state index contributed by atoms with van der Waals surface area (Å²) in [5.41, 5.74) is 2.86. The van der Waals surface area contributed by atoms with Gasteiger partial charge in [0.2, 0.25) is 0 Å². The smallest absolute Gasteiger partial charge is 0.280 e. The third kappa shape index (κ3) is 4.26. The number of carbonyl (C=O) groups is 1. The van der Waals surface area contributed by atoms with Crippen molar-refractivity contribution in [1.82, 2.24) is 0 Å². The van der Waals surface area contributed by atoms with Gasteiger partial charge in [-0.1, -0.05) is 37.3 Å². The lowest BCUT2D eigenvalue weighted by atomic mass is 9.89. The van der Waals surface area contributed by atoms with Crippen molar-refractivity contribution in [2.24, 2.45) is 5.92 Å². The van der Waals surface area contributed by atoms with Gasteiger partial charge in [-0.15, -0.1) is 11.3 Å². The van der Waals surface area contributed by atoms with Crippen molar-refractivity contribution in [3.63, 3.8) is 0 Å².